The van der Waals surface area contributed by atoms with Crippen molar-refractivity contribution in [3.05, 3.63) is 101 Å². The largest absolute Gasteiger partial charge is 0.468 e. The van der Waals surface area contributed by atoms with Gasteiger partial charge in [0.2, 0.25) is 0 Å². The van der Waals surface area contributed by atoms with Crippen molar-refractivity contribution in [2.75, 3.05) is 5.32 Å². The molecule has 0 spiro atoms. The molecular weight excluding hydrogens is 366 g/mol. The van der Waals surface area contributed by atoms with E-state index in [2.05, 4.69) is 71.1 Å². The predicted octanol–water partition coefficient (Wildman–Crippen LogP) is 5.99. The van der Waals surface area contributed by atoms with Gasteiger partial charge in [-0.15, -0.1) is 11.3 Å². The highest BCUT2D eigenvalue weighted by molar-refractivity contribution is 7.13. The number of thiazole rings is 1. The molecule has 0 unspecified atom stereocenters. The van der Waals surface area contributed by atoms with Crippen molar-refractivity contribution >= 4 is 22.2 Å². The van der Waals surface area contributed by atoms with Crippen LogP contribution >= 0.6 is 11.3 Å². The fraction of sp³-hybridized carbons (Fsp3) is 0.174. The second-order valence-corrected chi connectivity index (χ2v) is 7.70. The van der Waals surface area contributed by atoms with Crippen LogP contribution in [-0.2, 0) is 19.6 Å². The molecule has 0 radical (unpaired) electrons. The smallest absolute Gasteiger partial charge is 0.187 e. The van der Waals surface area contributed by atoms with E-state index in [9.17, 15) is 0 Å². The molecule has 4 aromatic rings. The topological polar surface area (TPSA) is 41.3 Å². The molecule has 0 bridgehead atoms. The van der Waals surface area contributed by atoms with E-state index >= 15 is 0 Å². The summed E-state index contributed by atoms with van der Waals surface area (Å²) >= 11 is 1.63. The minimum Gasteiger partial charge on any atom is -0.468 e. The Hall–Kier alpha value is -2.89. The van der Waals surface area contributed by atoms with E-state index < -0.39 is 0 Å². The van der Waals surface area contributed by atoms with Crippen LogP contribution in [0.4, 0.5) is 10.8 Å². The molecule has 142 valence electrons. The number of nitrogens with zero attached hydrogens (tertiary/aromatic N) is 2. The molecule has 2 aromatic carbocycles. The summed E-state index contributed by atoms with van der Waals surface area (Å²) in [5.41, 5.74) is 4.65. The van der Waals surface area contributed by atoms with Gasteiger partial charge in [-0.3, -0.25) is 4.90 Å². The van der Waals surface area contributed by atoms with E-state index in [-0.39, 0.29) is 0 Å². The number of benzene rings is 2. The Balaban J connectivity index is 1.45. The zero-order valence-electron chi connectivity index (χ0n) is 15.8. The summed E-state index contributed by atoms with van der Waals surface area (Å²) in [5, 5.41) is 6.43. The summed E-state index contributed by atoms with van der Waals surface area (Å²) < 4.78 is 5.56. The van der Waals surface area contributed by atoms with Crippen LogP contribution in [0.5, 0.6) is 0 Å². The van der Waals surface area contributed by atoms with Crippen LogP contribution in [0.2, 0.25) is 0 Å². The number of nitrogens with one attached hydrogen (secondary N) is 1. The third kappa shape index (κ3) is 5.09. The molecule has 2 heterocycles. The second kappa shape index (κ2) is 8.87. The van der Waals surface area contributed by atoms with E-state index in [1.165, 1.54) is 11.1 Å². The molecule has 0 fully saturated rings. The third-order valence-electron chi connectivity index (χ3n) is 4.45. The van der Waals surface area contributed by atoms with Gasteiger partial charge in [0.25, 0.3) is 0 Å². The van der Waals surface area contributed by atoms with Crippen LogP contribution in [0.1, 0.15) is 22.6 Å². The molecule has 0 aliphatic carbocycles. The summed E-state index contributed by atoms with van der Waals surface area (Å²) in [6.45, 7) is 4.45. The highest BCUT2D eigenvalue weighted by Crippen LogP contribution is 2.23. The van der Waals surface area contributed by atoms with Gasteiger partial charge in [0.05, 0.1) is 18.5 Å². The van der Waals surface area contributed by atoms with Crippen molar-refractivity contribution < 1.29 is 4.42 Å². The average Bonchev–Trinajstić information content (AvgIpc) is 3.37. The van der Waals surface area contributed by atoms with Gasteiger partial charge in [-0.25, -0.2) is 4.98 Å². The minimum atomic E-state index is 0.750. The summed E-state index contributed by atoms with van der Waals surface area (Å²) in [6.07, 6.45) is 1.72. The van der Waals surface area contributed by atoms with Crippen LogP contribution in [0.3, 0.4) is 0 Å². The van der Waals surface area contributed by atoms with Crippen LogP contribution < -0.4 is 5.32 Å². The first-order valence-corrected chi connectivity index (χ1v) is 10.2. The van der Waals surface area contributed by atoms with E-state index in [0.717, 1.165) is 41.9 Å². The number of hydrogen-bond acceptors (Lipinski definition) is 5. The molecule has 0 aliphatic heterocycles. The van der Waals surface area contributed by atoms with Crippen LogP contribution in [-0.4, -0.2) is 9.88 Å². The molecular formula is C23H23N3OS. The Morgan fingerprint density at radius 1 is 0.929 bits per heavy atom. The van der Waals surface area contributed by atoms with Crippen molar-refractivity contribution in [3.63, 3.8) is 0 Å². The summed E-state index contributed by atoms with van der Waals surface area (Å²) in [6, 6.07) is 22.8. The van der Waals surface area contributed by atoms with Gasteiger partial charge in [-0.1, -0.05) is 48.0 Å². The highest BCUT2D eigenvalue weighted by atomic mass is 32.1. The zero-order chi connectivity index (χ0) is 19.2. The lowest BCUT2D eigenvalue weighted by molar-refractivity contribution is 0.225. The van der Waals surface area contributed by atoms with Gasteiger partial charge in [-0.05, 0) is 36.8 Å². The quantitative estimate of drug-likeness (QED) is 0.402. The maximum absolute atomic E-state index is 5.56. The van der Waals surface area contributed by atoms with E-state index in [1.54, 1.807) is 17.6 Å². The molecule has 0 atom stereocenters. The molecule has 2 aromatic heterocycles. The highest BCUT2D eigenvalue weighted by Gasteiger charge is 2.12. The Morgan fingerprint density at radius 2 is 1.75 bits per heavy atom. The monoisotopic (exact) mass is 389 g/mol. The van der Waals surface area contributed by atoms with E-state index in [0.29, 0.717) is 0 Å². The molecule has 1 N–H and O–H groups in total. The standard InChI is InChI=1S/C23H23N3OS/c1-18-9-11-20(12-10-18)24-23-25-21(17-28-23)15-26(16-22-8-5-13-27-22)14-19-6-3-2-4-7-19/h2-13,17H,14-16H2,1H3,(H,24,25). The molecule has 28 heavy (non-hydrogen) atoms. The third-order valence-corrected chi connectivity index (χ3v) is 5.26. The van der Waals surface area contributed by atoms with Crippen LogP contribution in [0.25, 0.3) is 0 Å². The predicted molar refractivity (Wildman–Crippen MR) is 115 cm³/mol. The van der Waals surface area contributed by atoms with Crippen molar-refractivity contribution in [2.45, 2.75) is 26.6 Å². The van der Waals surface area contributed by atoms with Crippen LogP contribution in [0, 0.1) is 6.92 Å². The summed E-state index contributed by atoms with van der Waals surface area (Å²) in [7, 11) is 0. The van der Waals surface area contributed by atoms with E-state index in [4.69, 9.17) is 9.40 Å². The number of aryl methyl sites for hydroxylation is 1. The van der Waals surface area contributed by atoms with E-state index in [1.807, 2.05) is 18.2 Å². The van der Waals surface area contributed by atoms with Crippen molar-refractivity contribution in [3.8, 4) is 0 Å². The Kier molecular flexibility index (Phi) is 5.85. The van der Waals surface area contributed by atoms with Gasteiger partial charge in [0.15, 0.2) is 5.13 Å². The number of hydrogen-bond donors (Lipinski definition) is 1. The molecule has 5 heteroatoms. The first-order valence-electron chi connectivity index (χ1n) is 9.31. The molecule has 0 saturated heterocycles. The van der Waals surface area contributed by atoms with Crippen molar-refractivity contribution in [2.24, 2.45) is 0 Å². The molecule has 4 nitrogen and oxygen atoms in total. The van der Waals surface area contributed by atoms with Crippen LogP contribution in [0.15, 0.2) is 82.8 Å². The molecule has 0 saturated carbocycles. The maximum Gasteiger partial charge on any atom is 0.187 e. The normalized spacial score (nSPS) is 11.1. The molecule has 4 rings (SSSR count). The SMILES string of the molecule is Cc1ccc(Nc2nc(CN(Cc3ccccc3)Cc3ccco3)cs2)cc1. The number of furan rings is 1. The van der Waals surface area contributed by atoms with Crippen molar-refractivity contribution in [1.29, 1.82) is 0 Å². The lowest BCUT2D eigenvalue weighted by Crippen LogP contribution is -2.22. The fourth-order valence-electron chi connectivity index (χ4n) is 3.06. The second-order valence-electron chi connectivity index (χ2n) is 6.85. The van der Waals surface area contributed by atoms with Crippen molar-refractivity contribution in [1.82, 2.24) is 9.88 Å². The fourth-order valence-corrected chi connectivity index (χ4v) is 3.78. The molecule has 0 amide bonds. The molecule has 0 aliphatic rings. The lowest BCUT2D eigenvalue weighted by Gasteiger charge is -2.20. The lowest BCUT2D eigenvalue weighted by atomic mass is 10.2. The van der Waals surface area contributed by atoms with Gasteiger partial charge in [0.1, 0.15) is 5.76 Å². The summed E-state index contributed by atoms with van der Waals surface area (Å²) in [5.74, 6) is 0.962. The van der Waals surface area contributed by atoms with Gasteiger partial charge in [0, 0.05) is 24.2 Å². The maximum atomic E-state index is 5.56. The Labute approximate surface area is 169 Å². The number of aromatic nitrogens is 1. The average molecular weight is 390 g/mol. The summed E-state index contributed by atoms with van der Waals surface area (Å²) in [4.78, 5) is 7.12. The number of rotatable bonds is 8. The minimum absolute atomic E-state index is 0.750. The Morgan fingerprint density at radius 3 is 2.50 bits per heavy atom. The van der Waals surface area contributed by atoms with Gasteiger partial charge in [-0.2, -0.15) is 0 Å². The van der Waals surface area contributed by atoms with Gasteiger partial charge < -0.3 is 9.73 Å². The Bertz CT molecular complexity index is 978. The first kappa shape index (κ1) is 18.5. The van der Waals surface area contributed by atoms with Gasteiger partial charge >= 0.3 is 0 Å². The first-order chi connectivity index (χ1) is 13.7. The zero-order valence-corrected chi connectivity index (χ0v) is 16.7. The number of anilines is 2.